The average molecular weight is 328 g/mol. The summed E-state index contributed by atoms with van der Waals surface area (Å²) in [6, 6.07) is 4.89. The van der Waals surface area contributed by atoms with Crippen LogP contribution in [-0.2, 0) is 6.54 Å². The molecule has 1 aromatic carbocycles. The zero-order chi connectivity index (χ0) is 13.8. The highest BCUT2D eigenvalue weighted by Crippen LogP contribution is 2.37. The molecule has 0 spiro atoms. The summed E-state index contributed by atoms with van der Waals surface area (Å²) >= 11 is 3.59. The zero-order valence-corrected chi connectivity index (χ0v) is 13.4. The molecule has 1 aliphatic carbocycles. The average Bonchev–Trinajstić information content (AvgIpc) is 3.15. The van der Waals surface area contributed by atoms with Crippen molar-refractivity contribution in [2.24, 2.45) is 0 Å². The number of ether oxygens (including phenoxy) is 2. The Bertz CT molecular complexity index is 430. The Hall–Kier alpha value is -0.740. The monoisotopic (exact) mass is 327 g/mol. The van der Waals surface area contributed by atoms with E-state index in [1.807, 2.05) is 20.8 Å². The van der Waals surface area contributed by atoms with Crippen molar-refractivity contribution in [3.63, 3.8) is 0 Å². The van der Waals surface area contributed by atoms with E-state index in [2.05, 4.69) is 33.4 Å². The van der Waals surface area contributed by atoms with E-state index in [-0.39, 0.29) is 6.10 Å². The van der Waals surface area contributed by atoms with Crippen LogP contribution in [-0.4, -0.2) is 18.8 Å². The van der Waals surface area contributed by atoms with Gasteiger partial charge in [0.15, 0.2) is 11.5 Å². The molecule has 1 fully saturated rings. The molecule has 0 amide bonds. The summed E-state index contributed by atoms with van der Waals surface area (Å²) in [5.74, 6) is 1.62. The maximum atomic E-state index is 5.83. The van der Waals surface area contributed by atoms with Crippen molar-refractivity contribution in [3.05, 3.63) is 22.2 Å². The molecule has 1 N–H and O–H groups in total. The smallest absolute Gasteiger partial charge is 0.175 e. The molecule has 1 saturated carbocycles. The summed E-state index contributed by atoms with van der Waals surface area (Å²) in [6.45, 7) is 7.54. The number of hydrogen-bond acceptors (Lipinski definition) is 3. The molecule has 4 heteroatoms. The van der Waals surface area contributed by atoms with E-state index < -0.39 is 0 Å². The second kappa shape index (κ2) is 6.62. The van der Waals surface area contributed by atoms with Crippen LogP contribution in [0.4, 0.5) is 0 Å². The summed E-state index contributed by atoms with van der Waals surface area (Å²) in [4.78, 5) is 0. The first-order chi connectivity index (χ1) is 9.10. The van der Waals surface area contributed by atoms with Crippen LogP contribution in [0.3, 0.4) is 0 Å². The molecule has 0 unspecified atom stereocenters. The summed E-state index contributed by atoms with van der Waals surface area (Å²) < 4.78 is 12.5. The van der Waals surface area contributed by atoms with E-state index in [0.29, 0.717) is 12.6 Å². The van der Waals surface area contributed by atoms with Crippen LogP contribution in [0.2, 0.25) is 0 Å². The largest absolute Gasteiger partial charge is 0.490 e. The van der Waals surface area contributed by atoms with Crippen molar-refractivity contribution >= 4 is 15.9 Å². The Kier molecular flexibility index (Phi) is 5.11. The van der Waals surface area contributed by atoms with Crippen LogP contribution in [0.5, 0.6) is 11.5 Å². The zero-order valence-electron chi connectivity index (χ0n) is 11.8. The normalized spacial score (nSPS) is 14.8. The van der Waals surface area contributed by atoms with Crippen LogP contribution >= 0.6 is 15.9 Å². The number of benzene rings is 1. The molecule has 3 nitrogen and oxygen atoms in total. The van der Waals surface area contributed by atoms with Gasteiger partial charge in [-0.2, -0.15) is 0 Å². The highest BCUT2D eigenvalue weighted by molar-refractivity contribution is 9.10. The minimum absolute atomic E-state index is 0.131. The van der Waals surface area contributed by atoms with Crippen LogP contribution in [0, 0.1) is 0 Å². The summed E-state index contributed by atoms with van der Waals surface area (Å²) in [6.07, 6.45) is 2.73. The minimum Gasteiger partial charge on any atom is -0.490 e. The van der Waals surface area contributed by atoms with E-state index in [1.165, 1.54) is 18.4 Å². The van der Waals surface area contributed by atoms with Gasteiger partial charge < -0.3 is 14.8 Å². The van der Waals surface area contributed by atoms with Crippen LogP contribution < -0.4 is 14.8 Å². The Balaban J connectivity index is 2.16. The van der Waals surface area contributed by atoms with Crippen molar-refractivity contribution in [2.45, 2.75) is 52.3 Å². The molecule has 1 aromatic rings. The van der Waals surface area contributed by atoms with Crippen molar-refractivity contribution in [2.75, 3.05) is 6.61 Å². The molecular weight excluding hydrogens is 306 g/mol. The quantitative estimate of drug-likeness (QED) is 0.824. The first-order valence-electron chi connectivity index (χ1n) is 6.95. The summed E-state index contributed by atoms with van der Waals surface area (Å²) in [5.41, 5.74) is 1.22. The lowest BCUT2D eigenvalue weighted by atomic mass is 10.2. The topological polar surface area (TPSA) is 30.5 Å². The van der Waals surface area contributed by atoms with Gasteiger partial charge in [0.25, 0.3) is 0 Å². The van der Waals surface area contributed by atoms with Gasteiger partial charge in [0, 0.05) is 12.6 Å². The van der Waals surface area contributed by atoms with Crippen LogP contribution in [0.1, 0.15) is 39.2 Å². The van der Waals surface area contributed by atoms with Gasteiger partial charge in [0.1, 0.15) is 0 Å². The summed E-state index contributed by atoms with van der Waals surface area (Å²) in [5, 5.41) is 3.51. The van der Waals surface area contributed by atoms with Gasteiger partial charge in [-0.25, -0.2) is 0 Å². The van der Waals surface area contributed by atoms with Crippen LogP contribution in [0.25, 0.3) is 0 Å². The first kappa shape index (κ1) is 14.7. The highest BCUT2D eigenvalue weighted by Gasteiger charge is 2.20. The predicted octanol–water partition coefficient (Wildman–Crippen LogP) is 3.89. The Morgan fingerprint density at radius 3 is 2.68 bits per heavy atom. The molecule has 2 rings (SSSR count). The molecule has 0 aliphatic heterocycles. The molecule has 0 saturated heterocycles. The lowest BCUT2D eigenvalue weighted by Crippen LogP contribution is -2.15. The maximum Gasteiger partial charge on any atom is 0.175 e. The minimum atomic E-state index is 0.131. The standard InChI is InChI=1S/C15H22BrNO2/c1-4-18-14-8-11(9-17-12-5-6-12)7-13(16)15(14)19-10(2)3/h7-8,10,12,17H,4-6,9H2,1-3H3. The van der Waals surface area contributed by atoms with E-state index in [1.54, 1.807) is 0 Å². The fourth-order valence-electron chi connectivity index (χ4n) is 1.89. The molecule has 0 atom stereocenters. The fraction of sp³-hybridized carbons (Fsp3) is 0.600. The molecule has 19 heavy (non-hydrogen) atoms. The lowest BCUT2D eigenvalue weighted by Gasteiger charge is -2.17. The lowest BCUT2D eigenvalue weighted by molar-refractivity contribution is 0.222. The highest BCUT2D eigenvalue weighted by atomic mass is 79.9. The second-order valence-electron chi connectivity index (χ2n) is 5.16. The predicted molar refractivity (Wildman–Crippen MR) is 80.9 cm³/mol. The number of halogens is 1. The first-order valence-corrected chi connectivity index (χ1v) is 7.74. The van der Waals surface area contributed by atoms with Gasteiger partial charge in [0.2, 0.25) is 0 Å². The van der Waals surface area contributed by atoms with E-state index >= 15 is 0 Å². The van der Waals surface area contributed by atoms with E-state index in [4.69, 9.17) is 9.47 Å². The Labute approximate surface area is 123 Å². The molecule has 0 bridgehead atoms. The van der Waals surface area contributed by atoms with Gasteiger partial charge in [-0.1, -0.05) is 0 Å². The number of rotatable bonds is 7. The van der Waals surface area contributed by atoms with E-state index in [9.17, 15) is 0 Å². The second-order valence-corrected chi connectivity index (χ2v) is 6.01. The van der Waals surface area contributed by atoms with Gasteiger partial charge in [-0.05, 0) is 67.2 Å². The van der Waals surface area contributed by atoms with Crippen LogP contribution in [0.15, 0.2) is 16.6 Å². The third-order valence-electron chi connectivity index (χ3n) is 2.89. The fourth-order valence-corrected chi connectivity index (χ4v) is 2.47. The van der Waals surface area contributed by atoms with Gasteiger partial charge in [0.05, 0.1) is 17.2 Å². The summed E-state index contributed by atoms with van der Waals surface area (Å²) in [7, 11) is 0. The Morgan fingerprint density at radius 2 is 2.11 bits per heavy atom. The molecule has 0 radical (unpaired) electrons. The molecular formula is C15H22BrNO2. The van der Waals surface area contributed by atoms with Crippen molar-refractivity contribution in [1.82, 2.24) is 5.32 Å². The third kappa shape index (κ3) is 4.39. The van der Waals surface area contributed by atoms with Crippen molar-refractivity contribution in [1.29, 1.82) is 0 Å². The van der Waals surface area contributed by atoms with Crippen molar-refractivity contribution < 1.29 is 9.47 Å². The number of nitrogens with one attached hydrogen (secondary N) is 1. The van der Waals surface area contributed by atoms with Gasteiger partial charge in [-0.3, -0.25) is 0 Å². The SMILES string of the molecule is CCOc1cc(CNC2CC2)cc(Br)c1OC(C)C. The Morgan fingerprint density at radius 1 is 1.37 bits per heavy atom. The van der Waals surface area contributed by atoms with Gasteiger partial charge >= 0.3 is 0 Å². The van der Waals surface area contributed by atoms with Crippen molar-refractivity contribution in [3.8, 4) is 11.5 Å². The molecule has 0 aromatic heterocycles. The third-order valence-corrected chi connectivity index (χ3v) is 3.48. The molecule has 0 heterocycles. The van der Waals surface area contributed by atoms with Gasteiger partial charge in [-0.15, -0.1) is 0 Å². The molecule has 1 aliphatic rings. The number of hydrogen-bond donors (Lipinski definition) is 1. The maximum absolute atomic E-state index is 5.83. The molecule has 106 valence electrons. The van der Waals surface area contributed by atoms with E-state index in [0.717, 1.165) is 22.5 Å².